The van der Waals surface area contributed by atoms with Crippen LogP contribution in [0.2, 0.25) is 5.02 Å². The number of fused-ring (bicyclic) bond motifs is 1. The highest BCUT2D eigenvalue weighted by Gasteiger charge is 2.22. The molecule has 0 aliphatic heterocycles. The molecule has 1 amide bonds. The number of benzene rings is 2. The molecule has 0 bridgehead atoms. The van der Waals surface area contributed by atoms with Gasteiger partial charge in [0, 0.05) is 10.7 Å². The predicted molar refractivity (Wildman–Crippen MR) is 119 cm³/mol. The van der Waals surface area contributed by atoms with Gasteiger partial charge >= 0.3 is 0 Å². The van der Waals surface area contributed by atoms with Crippen LogP contribution in [0, 0.1) is 20.8 Å². The highest BCUT2D eigenvalue weighted by molar-refractivity contribution is 7.22. The maximum atomic E-state index is 13.3. The summed E-state index contributed by atoms with van der Waals surface area (Å²) in [4.78, 5) is 19.8. The van der Waals surface area contributed by atoms with Crippen molar-refractivity contribution in [1.29, 1.82) is 0 Å². The number of rotatable bonds is 5. The molecule has 5 nitrogen and oxygen atoms in total. The van der Waals surface area contributed by atoms with Crippen molar-refractivity contribution >= 4 is 44.2 Å². The smallest absolute Gasteiger partial charge is 0.250 e. The Balaban J connectivity index is 1.73. The summed E-state index contributed by atoms with van der Waals surface area (Å²) in [5, 5.41) is 5.78. The molecule has 0 radical (unpaired) electrons. The third kappa shape index (κ3) is 4.04. The second-order valence-corrected chi connectivity index (χ2v) is 8.48. The minimum absolute atomic E-state index is 0.0529. The first kappa shape index (κ1) is 19.6. The Bertz CT molecular complexity index is 1180. The van der Waals surface area contributed by atoms with Gasteiger partial charge in [0.1, 0.15) is 6.54 Å². The van der Waals surface area contributed by atoms with E-state index in [0.29, 0.717) is 16.7 Å². The zero-order valence-electron chi connectivity index (χ0n) is 16.5. The molecule has 0 atom stereocenters. The standard InChI is InChI=1S/C22H21ClN4OS/c1-14-11-15(2)27(25-14)13-20(28)26(12-17-7-5-4-6-8-17)22-24-21-16(3)18(23)9-10-19(21)29-22/h4-11H,12-13H2,1-3H3. The molecule has 4 aromatic rings. The van der Waals surface area contributed by atoms with Gasteiger partial charge in [0.2, 0.25) is 0 Å². The van der Waals surface area contributed by atoms with Crippen molar-refractivity contribution in [3.63, 3.8) is 0 Å². The summed E-state index contributed by atoms with van der Waals surface area (Å²) in [6.45, 7) is 6.45. The lowest BCUT2D eigenvalue weighted by Gasteiger charge is -2.20. The summed E-state index contributed by atoms with van der Waals surface area (Å²) in [5.74, 6) is -0.0529. The number of anilines is 1. The molecule has 7 heteroatoms. The topological polar surface area (TPSA) is 51.0 Å². The Morgan fingerprint density at radius 2 is 1.90 bits per heavy atom. The van der Waals surface area contributed by atoms with Crippen molar-refractivity contribution in [3.8, 4) is 0 Å². The number of thiazole rings is 1. The average Bonchev–Trinajstić information content (AvgIpc) is 3.26. The molecule has 0 saturated heterocycles. The highest BCUT2D eigenvalue weighted by Crippen LogP contribution is 2.34. The van der Waals surface area contributed by atoms with Gasteiger partial charge in [-0.05, 0) is 50.1 Å². The van der Waals surface area contributed by atoms with Crippen molar-refractivity contribution in [2.24, 2.45) is 0 Å². The van der Waals surface area contributed by atoms with Crippen LogP contribution < -0.4 is 4.90 Å². The molecule has 0 spiro atoms. The molecule has 0 unspecified atom stereocenters. The van der Waals surface area contributed by atoms with Gasteiger partial charge in [-0.3, -0.25) is 14.4 Å². The Hall–Kier alpha value is -2.70. The van der Waals surface area contributed by atoms with Crippen LogP contribution in [0.15, 0.2) is 48.5 Å². The van der Waals surface area contributed by atoms with Crippen molar-refractivity contribution in [2.45, 2.75) is 33.9 Å². The lowest BCUT2D eigenvalue weighted by Crippen LogP contribution is -2.34. The Labute approximate surface area is 178 Å². The zero-order valence-corrected chi connectivity index (χ0v) is 18.1. The summed E-state index contributed by atoms with van der Waals surface area (Å²) >= 11 is 7.77. The molecule has 0 aliphatic rings. The van der Waals surface area contributed by atoms with Gasteiger partial charge < -0.3 is 0 Å². The minimum atomic E-state index is -0.0529. The molecular formula is C22H21ClN4OS. The van der Waals surface area contributed by atoms with E-state index in [-0.39, 0.29) is 12.5 Å². The lowest BCUT2D eigenvalue weighted by atomic mass is 10.2. The van der Waals surface area contributed by atoms with Crippen molar-refractivity contribution < 1.29 is 4.79 Å². The fraction of sp³-hybridized carbons (Fsp3) is 0.227. The van der Waals surface area contributed by atoms with Gasteiger partial charge in [-0.1, -0.05) is 53.3 Å². The van der Waals surface area contributed by atoms with Crippen LogP contribution in [-0.4, -0.2) is 20.7 Å². The fourth-order valence-corrected chi connectivity index (χ4v) is 4.48. The molecule has 148 valence electrons. The first-order chi connectivity index (χ1) is 13.9. The number of halogens is 1. The van der Waals surface area contributed by atoms with E-state index >= 15 is 0 Å². The Kier molecular flexibility index (Phi) is 5.39. The summed E-state index contributed by atoms with van der Waals surface area (Å²) < 4.78 is 2.75. The molecule has 0 N–H and O–H groups in total. The number of carbonyl (C=O) groups excluding carboxylic acids is 1. The Morgan fingerprint density at radius 1 is 1.14 bits per heavy atom. The molecule has 4 rings (SSSR count). The van der Waals surface area contributed by atoms with E-state index in [2.05, 4.69) is 5.10 Å². The number of nitrogens with zero attached hydrogens (tertiary/aromatic N) is 4. The molecule has 2 aromatic carbocycles. The van der Waals surface area contributed by atoms with E-state index in [9.17, 15) is 4.79 Å². The van der Waals surface area contributed by atoms with Crippen LogP contribution in [0.1, 0.15) is 22.5 Å². The molecule has 0 aliphatic carbocycles. The number of hydrogen-bond acceptors (Lipinski definition) is 4. The second-order valence-electron chi connectivity index (χ2n) is 7.07. The van der Waals surface area contributed by atoms with E-state index in [1.807, 2.05) is 69.3 Å². The highest BCUT2D eigenvalue weighted by atomic mass is 35.5. The number of amides is 1. The van der Waals surface area contributed by atoms with Crippen LogP contribution in [0.3, 0.4) is 0 Å². The summed E-state index contributed by atoms with van der Waals surface area (Å²) in [6.07, 6.45) is 0. The summed E-state index contributed by atoms with van der Waals surface area (Å²) in [7, 11) is 0. The van der Waals surface area contributed by atoms with Crippen LogP contribution in [0.5, 0.6) is 0 Å². The first-order valence-electron chi connectivity index (χ1n) is 9.33. The third-order valence-corrected chi connectivity index (χ3v) is 6.29. The van der Waals surface area contributed by atoms with Crippen LogP contribution in [-0.2, 0) is 17.9 Å². The Morgan fingerprint density at radius 3 is 2.59 bits per heavy atom. The van der Waals surface area contributed by atoms with E-state index in [1.165, 1.54) is 11.3 Å². The SMILES string of the molecule is Cc1cc(C)n(CC(=O)N(Cc2ccccc2)c2nc3c(C)c(Cl)ccc3s2)n1. The van der Waals surface area contributed by atoms with Crippen LogP contribution >= 0.6 is 22.9 Å². The normalized spacial score (nSPS) is 11.2. The number of aromatic nitrogens is 3. The van der Waals surface area contributed by atoms with Crippen molar-refractivity contribution in [2.75, 3.05) is 4.90 Å². The molecule has 0 saturated carbocycles. The monoisotopic (exact) mass is 424 g/mol. The minimum Gasteiger partial charge on any atom is -0.282 e. The number of aryl methyl sites for hydroxylation is 3. The van der Waals surface area contributed by atoms with Crippen molar-refractivity contribution in [1.82, 2.24) is 14.8 Å². The second kappa shape index (κ2) is 7.97. The molecule has 2 aromatic heterocycles. The van der Waals surface area contributed by atoms with Gasteiger partial charge in [-0.15, -0.1) is 0 Å². The van der Waals surface area contributed by atoms with Gasteiger partial charge in [-0.25, -0.2) is 4.98 Å². The van der Waals surface area contributed by atoms with E-state index < -0.39 is 0 Å². The summed E-state index contributed by atoms with van der Waals surface area (Å²) in [5.41, 5.74) is 4.67. The quantitative estimate of drug-likeness (QED) is 0.436. The third-order valence-electron chi connectivity index (χ3n) is 4.84. The molecular weight excluding hydrogens is 404 g/mol. The number of carbonyl (C=O) groups is 1. The van der Waals surface area contributed by atoms with Gasteiger partial charge in [-0.2, -0.15) is 5.10 Å². The van der Waals surface area contributed by atoms with E-state index in [1.54, 1.807) is 9.58 Å². The van der Waals surface area contributed by atoms with Crippen LogP contribution in [0.25, 0.3) is 10.2 Å². The fourth-order valence-electron chi connectivity index (χ4n) is 3.28. The van der Waals surface area contributed by atoms with Gasteiger partial charge in [0.05, 0.1) is 22.5 Å². The van der Waals surface area contributed by atoms with E-state index in [4.69, 9.17) is 16.6 Å². The van der Waals surface area contributed by atoms with Gasteiger partial charge in [0.15, 0.2) is 5.13 Å². The maximum absolute atomic E-state index is 13.3. The maximum Gasteiger partial charge on any atom is 0.250 e. The molecule has 0 fully saturated rings. The van der Waals surface area contributed by atoms with E-state index in [0.717, 1.165) is 32.7 Å². The van der Waals surface area contributed by atoms with Crippen LogP contribution in [0.4, 0.5) is 5.13 Å². The number of hydrogen-bond donors (Lipinski definition) is 0. The average molecular weight is 425 g/mol. The lowest BCUT2D eigenvalue weighted by molar-refractivity contribution is -0.119. The van der Waals surface area contributed by atoms with Gasteiger partial charge in [0.25, 0.3) is 5.91 Å². The molecule has 29 heavy (non-hydrogen) atoms. The zero-order chi connectivity index (χ0) is 20.5. The largest absolute Gasteiger partial charge is 0.282 e. The predicted octanol–water partition coefficient (Wildman–Crippen LogP) is 5.30. The molecule has 2 heterocycles. The first-order valence-corrected chi connectivity index (χ1v) is 10.5. The summed E-state index contributed by atoms with van der Waals surface area (Å²) in [6, 6.07) is 15.7. The van der Waals surface area contributed by atoms with Crippen molar-refractivity contribution in [3.05, 3.63) is 76.1 Å².